The highest BCUT2D eigenvalue weighted by Gasteiger charge is 2.42. The molecule has 2 aromatic carbocycles. The first-order valence-corrected chi connectivity index (χ1v) is 17.9. The summed E-state index contributed by atoms with van der Waals surface area (Å²) in [4.78, 5) is 15.7. The molecule has 2 aliphatic carbocycles. The summed E-state index contributed by atoms with van der Waals surface area (Å²) >= 11 is 6.34. The first kappa shape index (κ1) is 31.4. The fraction of sp³-hybridized carbons (Fsp3) is 0.559. The fourth-order valence-corrected chi connectivity index (χ4v) is 9.00. The zero-order valence-electron chi connectivity index (χ0n) is 25.4. The molecular formula is C34H43ClN2O6S. The summed E-state index contributed by atoms with van der Waals surface area (Å²) in [6.07, 6.45) is 11.2. The molecule has 0 aromatic heterocycles. The molecular weight excluding hydrogens is 600 g/mol. The Bertz CT molecular complexity index is 1480. The highest BCUT2D eigenvalue weighted by molar-refractivity contribution is 7.90. The van der Waals surface area contributed by atoms with Crippen LogP contribution < -0.4 is 14.4 Å². The number of anilines is 1. The van der Waals surface area contributed by atoms with Crippen LogP contribution in [0.4, 0.5) is 5.69 Å². The second-order valence-corrected chi connectivity index (χ2v) is 15.0. The maximum atomic E-state index is 13.4. The van der Waals surface area contributed by atoms with E-state index in [-0.39, 0.29) is 12.0 Å². The summed E-state index contributed by atoms with van der Waals surface area (Å²) in [6.45, 7) is 3.00. The van der Waals surface area contributed by atoms with Crippen molar-refractivity contribution < 1.29 is 27.4 Å². The summed E-state index contributed by atoms with van der Waals surface area (Å²) in [5.41, 5.74) is 3.42. The van der Waals surface area contributed by atoms with Gasteiger partial charge in [-0.15, -0.1) is 0 Å². The molecule has 5 atom stereocenters. The lowest BCUT2D eigenvalue weighted by Gasteiger charge is -2.44. The van der Waals surface area contributed by atoms with E-state index in [0.29, 0.717) is 55.8 Å². The van der Waals surface area contributed by atoms with Gasteiger partial charge in [-0.3, -0.25) is 4.79 Å². The second-order valence-electron chi connectivity index (χ2n) is 12.6. The predicted molar refractivity (Wildman–Crippen MR) is 172 cm³/mol. The SMILES string of the molecule is COCCO[C@H]1/C=C/C[C@@H]2CC[C@@H]2S(=O)(=O)NC(=O)c2ccc3c(c2)N(CCCCc2cc(Cl)ccc2CO3)C[C@@H]2CC[C@H]21. The minimum absolute atomic E-state index is 0.0182. The van der Waals surface area contributed by atoms with E-state index >= 15 is 0 Å². The Labute approximate surface area is 266 Å². The predicted octanol–water partition coefficient (Wildman–Crippen LogP) is 5.92. The van der Waals surface area contributed by atoms with Gasteiger partial charge >= 0.3 is 0 Å². The van der Waals surface area contributed by atoms with Crippen LogP contribution in [0.3, 0.4) is 0 Å². The Hall–Kier alpha value is -2.59. The lowest BCUT2D eigenvalue weighted by atomic mass is 9.70. The molecule has 6 rings (SSSR count). The Morgan fingerprint density at radius 1 is 1.02 bits per heavy atom. The van der Waals surface area contributed by atoms with Gasteiger partial charge in [-0.2, -0.15) is 0 Å². The number of nitrogens with one attached hydrogen (secondary N) is 1. The third-order valence-corrected chi connectivity index (χ3v) is 12.1. The Morgan fingerprint density at radius 3 is 2.66 bits per heavy atom. The van der Waals surface area contributed by atoms with Crippen LogP contribution in [0.5, 0.6) is 5.75 Å². The highest BCUT2D eigenvalue weighted by Crippen LogP contribution is 2.42. The van der Waals surface area contributed by atoms with Gasteiger partial charge in [0.15, 0.2) is 0 Å². The van der Waals surface area contributed by atoms with E-state index in [9.17, 15) is 13.2 Å². The van der Waals surface area contributed by atoms with Crippen molar-refractivity contribution in [2.24, 2.45) is 17.8 Å². The van der Waals surface area contributed by atoms with Crippen LogP contribution in [-0.4, -0.2) is 59.1 Å². The highest BCUT2D eigenvalue weighted by atomic mass is 35.5. The van der Waals surface area contributed by atoms with Gasteiger partial charge < -0.3 is 19.1 Å². The number of ether oxygens (including phenoxy) is 3. The number of nitrogens with zero attached hydrogens (tertiary/aromatic N) is 1. The number of methoxy groups -OCH3 is 1. The number of fused-ring (bicyclic) bond motifs is 4. The van der Waals surface area contributed by atoms with Gasteiger partial charge in [0.1, 0.15) is 12.4 Å². The van der Waals surface area contributed by atoms with Crippen molar-refractivity contribution in [3.8, 4) is 5.75 Å². The maximum absolute atomic E-state index is 13.4. The Kier molecular flexibility index (Phi) is 9.86. The molecule has 0 saturated heterocycles. The molecule has 2 saturated carbocycles. The topological polar surface area (TPSA) is 94.2 Å². The summed E-state index contributed by atoms with van der Waals surface area (Å²) < 4.78 is 47.1. The summed E-state index contributed by atoms with van der Waals surface area (Å²) in [6, 6.07) is 11.2. The molecule has 1 amide bonds. The van der Waals surface area contributed by atoms with Gasteiger partial charge in [0.05, 0.1) is 30.3 Å². The van der Waals surface area contributed by atoms with Crippen LogP contribution in [0.15, 0.2) is 48.6 Å². The van der Waals surface area contributed by atoms with E-state index < -0.39 is 21.2 Å². The minimum atomic E-state index is -3.83. The first-order valence-electron chi connectivity index (χ1n) is 15.9. The van der Waals surface area contributed by atoms with Crippen molar-refractivity contribution in [3.63, 3.8) is 0 Å². The Morgan fingerprint density at radius 2 is 1.89 bits per heavy atom. The number of benzene rings is 2. The lowest BCUT2D eigenvalue weighted by Crippen LogP contribution is -2.47. The lowest BCUT2D eigenvalue weighted by molar-refractivity contribution is -0.0308. The minimum Gasteiger partial charge on any atom is -0.487 e. The molecule has 10 heteroatoms. The van der Waals surface area contributed by atoms with E-state index in [2.05, 4.69) is 21.8 Å². The largest absolute Gasteiger partial charge is 0.487 e. The van der Waals surface area contributed by atoms with E-state index in [0.717, 1.165) is 67.9 Å². The van der Waals surface area contributed by atoms with Crippen molar-refractivity contribution in [3.05, 3.63) is 70.3 Å². The van der Waals surface area contributed by atoms with Crippen LogP contribution in [-0.2, 0) is 32.5 Å². The molecule has 2 heterocycles. The smallest absolute Gasteiger partial charge is 0.264 e. The zero-order chi connectivity index (χ0) is 30.7. The molecule has 8 nitrogen and oxygen atoms in total. The maximum Gasteiger partial charge on any atom is 0.264 e. The van der Waals surface area contributed by atoms with Crippen LogP contribution in [0.2, 0.25) is 5.02 Å². The molecule has 238 valence electrons. The summed E-state index contributed by atoms with van der Waals surface area (Å²) in [5, 5.41) is 0.137. The number of halogens is 1. The molecule has 2 bridgehead atoms. The molecule has 2 aliphatic heterocycles. The molecule has 1 N–H and O–H groups in total. The average molecular weight is 643 g/mol. The van der Waals surface area contributed by atoms with Crippen LogP contribution >= 0.6 is 11.6 Å². The number of amides is 1. The van der Waals surface area contributed by atoms with Gasteiger partial charge in [-0.25, -0.2) is 13.1 Å². The van der Waals surface area contributed by atoms with Crippen molar-refractivity contribution in [1.29, 1.82) is 0 Å². The number of carbonyl (C=O) groups is 1. The second kappa shape index (κ2) is 13.8. The average Bonchev–Trinajstić information content (AvgIpc) is 2.99. The molecule has 0 unspecified atom stereocenters. The van der Waals surface area contributed by atoms with Crippen LogP contribution in [0.25, 0.3) is 0 Å². The van der Waals surface area contributed by atoms with E-state index in [1.54, 1.807) is 13.2 Å². The summed E-state index contributed by atoms with van der Waals surface area (Å²) in [5.74, 6) is 0.815. The molecule has 44 heavy (non-hydrogen) atoms. The van der Waals surface area contributed by atoms with Crippen molar-refractivity contribution in [1.82, 2.24) is 4.72 Å². The molecule has 4 aliphatic rings. The first-order chi connectivity index (χ1) is 21.3. The number of carbonyl (C=O) groups excluding carboxylic acids is 1. The third-order valence-electron chi connectivity index (χ3n) is 9.93. The van der Waals surface area contributed by atoms with E-state index in [1.807, 2.05) is 30.3 Å². The number of allylic oxidation sites excluding steroid dienone is 1. The fourth-order valence-electron chi connectivity index (χ4n) is 7.07. The number of aryl methyl sites for hydroxylation is 1. The van der Waals surface area contributed by atoms with Crippen LogP contribution in [0, 0.1) is 17.8 Å². The third kappa shape index (κ3) is 6.96. The van der Waals surface area contributed by atoms with Gasteiger partial charge in [0.25, 0.3) is 5.91 Å². The molecule has 0 spiro atoms. The Balaban J connectivity index is 1.36. The number of hydrogen-bond donors (Lipinski definition) is 1. The normalized spacial score (nSPS) is 29.2. The van der Waals surface area contributed by atoms with E-state index in [4.69, 9.17) is 25.8 Å². The van der Waals surface area contributed by atoms with Gasteiger partial charge in [-0.1, -0.05) is 29.8 Å². The standard InChI is InChI=1S/C34H43ClN2O6S/c1-41-17-18-42-31-7-4-6-23-11-15-33(23)44(39,40)36-34(38)25-10-14-32-30(20-25)37(21-26-9-13-29(26)31)16-3-2-5-24-19-28(35)12-8-27(24)22-43-32/h4,7-8,10,12,14,19-20,23,26,29,31,33H,2-3,5-6,9,11,13,15-18,21-22H2,1H3,(H,36,38)/b7-4+/t23-,26+,29-,31+,33+/m1/s1. The quantitative estimate of drug-likeness (QED) is 0.327. The van der Waals surface area contributed by atoms with Crippen molar-refractivity contribution in [2.75, 3.05) is 38.3 Å². The number of hydrogen-bond acceptors (Lipinski definition) is 7. The van der Waals surface area contributed by atoms with Crippen molar-refractivity contribution >= 4 is 33.2 Å². The van der Waals surface area contributed by atoms with Crippen LogP contribution in [0.1, 0.15) is 66.4 Å². The molecule has 2 aromatic rings. The molecule has 2 fully saturated rings. The summed E-state index contributed by atoms with van der Waals surface area (Å²) in [7, 11) is -2.15. The zero-order valence-corrected chi connectivity index (χ0v) is 27.0. The molecule has 0 radical (unpaired) electrons. The monoisotopic (exact) mass is 642 g/mol. The van der Waals surface area contributed by atoms with E-state index in [1.165, 1.54) is 5.56 Å². The van der Waals surface area contributed by atoms with Crippen molar-refractivity contribution in [2.45, 2.75) is 69.3 Å². The van der Waals surface area contributed by atoms with Gasteiger partial charge in [0.2, 0.25) is 10.0 Å². The van der Waals surface area contributed by atoms with Gasteiger partial charge in [0, 0.05) is 30.8 Å². The van der Waals surface area contributed by atoms with Gasteiger partial charge in [-0.05, 0) is 111 Å². The number of rotatable bonds is 4. The number of sulfonamides is 1.